The Morgan fingerprint density at radius 3 is 1.62 bits per heavy atom. The van der Waals surface area contributed by atoms with Gasteiger partial charge in [0, 0.05) is 0 Å². The van der Waals surface area contributed by atoms with E-state index in [2.05, 4.69) is 0 Å². The molecule has 140 valence electrons. The van der Waals surface area contributed by atoms with E-state index in [0.717, 1.165) is 12.1 Å². The van der Waals surface area contributed by atoms with Crippen molar-refractivity contribution in [1.82, 2.24) is 0 Å². The predicted molar refractivity (Wildman–Crippen MR) is 68.4 cm³/mol. The summed E-state index contributed by atoms with van der Waals surface area (Å²) < 4.78 is 129. The molecule has 0 aliphatic rings. The molecule has 0 spiro atoms. The van der Waals surface area contributed by atoms with Crippen molar-refractivity contribution in [2.45, 2.75) is 24.2 Å². The van der Waals surface area contributed by atoms with E-state index < -0.39 is 46.1 Å². The second kappa shape index (κ2) is 7.70. The zero-order valence-corrected chi connectivity index (χ0v) is 15.3. The van der Waals surface area contributed by atoms with E-state index >= 15 is 0 Å². The molecule has 2 aromatic carbocycles. The minimum Gasteiger partial charge on any atom is -1.00 e. The summed E-state index contributed by atoms with van der Waals surface area (Å²) in [6.45, 7) is 0. The maximum absolute atomic E-state index is 13.5. The van der Waals surface area contributed by atoms with E-state index in [9.17, 15) is 43.9 Å². The van der Waals surface area contributed by atoms with Crippen molar-refractivity contribution in [3.8, 4) is 0 Å². The van der Waals surface area contributed by atoms with Crippen molar-refractivity contribution in [2.24, 2.45) is 0 Å². The van der Waals surface area contributed by atoms with Crippen molar-refractivity contribution in [2.75, 3.05) is 0 Å². The topological polar surface area (TPSA) is 0 Å². The van der Waals surface area contributed by atoms with Gasteiger partial charge in [0.1, 0.15) is 0 Å². The van der Waals surface area contributed by atoms with Crippen LogP contribution in [0.5, 0.6) is 0 Å². The Kier molecular flexibility index (Phi) is 7.48. The van der Waals surface area contributed by atoms with Crippen LogP contribution in [-0.4, -0.2) is 35.4 Å². The first-order valence-electron chi connectivity index (χ1n) is 6.04. The molecule has 0 heterocycles. The summed E-state index contributed by atoms with van der Waals surface area (Å²) in [6, 6.07) is 5.64. The number of fused-ring (bicyclic) bond motifs is 1. The summed E-state index contributed by atoms with van der Waals surface area (Å²) in [4.78, 5) is 0. The first-order chi connectivity index (χ1) is 10.7. The minimum absolute atomic E-state index is 0. The van der Waals surface area contributed by atoms with Crippen molar-refractivity contribution in [3.63, 3.8) is 0 Å². The minimum atomic E-state index is -6.37. The van der Waals surface area contributed by atoms with Crippen LogP contribution < -0.4 is 17.0 Å². The molecule has 0 amide bonds. The largest absolute Gasteiger partial charge is 2.00 e. The Morgan fingerprint density at radius 1 is 0.692 bits per heavy atom. The summed E-state index contributed by atoms with van der Waals surface area (Å²) in [7, 11) is 0. The summed E-state index contributed by atoms with van der Waals surface area (Å²) in [5.74, 6) is -11.9. The Bertz CT molecular complexity index is 702. The molecule has 26 heavy (non-hydrogen) atoms. The average Bonchev–Trinajstić information content (AvgIpc) is 2.43. The van der Waals surface area contributed by atoms with Gasteiger partial charge in [-0.05, 0) is 11.1 Å². The van der Waals surface area contributed by atoms with Gasteiger partial charge in [-0.25, -0.2) is 8.78 Å². The molecule has 0 bridgehead atoms. The molecule has 2 aromatic rings. The monoisotopic (exact) mass is 466 g/mol. The molecule has 2 rings (SSSR count). The van der Waals surface area contributed by atoms with E-state index in [1.165, 1.54) is 18.2 Å². The van der Waals surface area contributed by atoms with Gasteiger partial charge in [0.05, 0.1) is 0 Å². The second-order valence-electron chi connectivity index (χ2n) is 4.79. The van der Waals surface area contributed by atoms with E-state index in [1.54, 1.807) is 0 Å². The quantitative estimate of drug-likeness (QED) is 0.362. The molecule has 0 radical (unpaired) electrons. The smallest absolute Gasteiger partial charge is 1.00 e. The van der Waals surface area contributed by atoms with Crippen LogP contribution in [-0.2, 0) is 11.8 Å². The molecule has 0 N–H and O–H groups in total. The molecular weight excluding hydrogens is 462 g/mol. The number of alkyl halides is 10. The van der Waals surface area contributed by atoms with Crippen LogP contribution in [0.3, 0.4) is 0 Å². The van der Waals surface area contributed by atoms with Gasteiger partial charge in [-0.2, -0.15) is 35.1 Å². The zero-order chi connectivity index (χ0) is 18.6. The summed E-state index contributed by atoms with van der Waals surface area (Å²) in [5.41, 5.74) is -5.05. The number of hydrogen-bond acceptors (Lipinski definition) is 0. The summed E-state index contributed by atoms with van der Waals surface area (Å²) in [6.07, 6.45) is -12.7. The Morgan fingerprint density at radius 2 is 1.15 bits per heavy atom. The number of hydrogen-bond donors (Lipinski definition) is 0. The van der Waals surface area contributed by atoms with Gasteiger partial charge in [0.25, 0.3) is 0 Å². The van der Waals surface area contributed by atoms with Gasteiger partial charge >= 0.3 is 47.3 Å². The van der Waals surface area contributed by atoms with Crippen molar-refractivity contribution < 1.29 is 60.9 Å². The summed E-state index contributed by atoms with van der Waals surface area (Å²) in [5, 5.41) is -0.851. The Balaban J connectivity index is 0.00000312. The Hall–Kier alpha value is -0.754. The van der Waals surface area contributed by atoms with E-state index in [4.69, 9.17) is 0 Å². The van der Waals surface area contributed by atoms with Gasteiger partial charge in [-0.3, -0.25) is 0 Å². The zero-order valence-electron chi connectivity index (χ0n) is 12.3. The SMILES string of the molecule is FC(F)(F)C(F)(F)c1[c-]c2ccccc2cc1C(F)(F)C(F)(F)F.[Br-].[Mg+2]. The molecule has 0 atom stereocenters. The third kappa shape index (κ3) is 4.21. The third-order valence-electron chi connectivity index (χ3n) is 3.15. The number of halogens is 11. The molecular formula is C14H5BrF10Mg. The molecule has 0 saturated heterocycles. The summed E-state index contributed by atoms with van der Waals surface area (Å²) >= 11 is 0. The molecule has 0 nitrogen and oxygen atoms in total. The van der Waals surface area contributed by atoms with Crippen LogP contribution >= 0.6 is 0 Å². The molecule has 0 aliphatic carbocycles. The molecule has 12 heteroatoms. The first-order valence-corrected chi connectivity index (χ1v) is 6.04. The normalized spacial score (nSPS) is 13.2. The second-order valence-corrected chi connectivity index (χ2v) is 4.79. The fourth-order valence-corrected chi connectivity index (χ4v) is 1.96. The molecule has 0 saturated carbocycles. The van der Waals surface area contributed by atoms with Gasteiger partial charge in [0.2, 0.25) is 0 Å². The molecule has 0 unspecified atom stereocenters. The van der Waals surface area contributed by atoms with Gasteiger partial charge < -0.3 is 17.0 Å². The first kappa shape index (κ1) is 25.2. The fourth-order valence-electron chi connectivity index (χ4n) is 1.96. The number of rotatable bonds is 2. The predicted octanol–water partition coefficient (Wildman–Crippen LogP) is 2.57. The maximum atomic E-state index is 13.5. The van der Waals surface area contributed by atoms with Gasteiger partial charge in [0.15, 0.2) is 0 Å². The van der Waals surface area contributed by atoms with Crippen LogP contribution in [0.4, 0.5) is 43.9 Å². The molecule has 0 fully saturated rings. The van der Waals surface area contributed by atoms with Crippen LogP contribution in [0, 0.1) is 6.07 Å². The van der Waals surface area contributed by atoms with Crippen LogP contribution in [0.25, 0.3) is 10.8 Å². The van der Waals surface area contributed by atoms with Crippen LogP contribution in [0.1, 0.15) is 11.1 Å². The molecule has 0 aromatic heterocycles. The van der Waals surface area contributed by atoms with Crippen molar-refractivity contribution >= 4 is 33.8 Å². The van der Waals surface area contributed by atoms with E-state index in [0.29, 0.717) is 0 Å². The van der Waals surface area contributed by atoms with Crippen molar-refractivity contribution in [1.29, 1.82) is 0 Å². The van der Waals surface area contributed by atoms with Crippen LogP contribution in [0.15, 0.2) is 30.3 Å². The third-order valence-corrected chi connectivity index (χ3v) is 3.15. The standard InChI is InChI=1S/C14H5F10.BrH.Mg/c15-11(16,13(19,20)21)9-5-7-3-1-2-4-8(7)6-10(9)12(17,18)14(22,23)24;;/h1-5H;1H;/q-1;;+2/p-1. The van der Waals surface area contributed by atoms with Gasteiger partial charge in [-0.15, -0.1) is 35.0 Å². The van der Waals surface area contributed by atoms with E-state index in [1.807, 2.05) is 0 Å². The van der Waals surface area contributed by atoms with E-state index in [-0.39, 0.29) is 46.1 Å². The van der Waals surface area contributed by atoms with Crippen LogP contribution in [0.2, 0.25) is 0 Å². The average molecular weight is 467 g/mol. The molecule has 0 aliphatic heterocycles. The number of benzene rings is 2. The Labute approximate surface area is 166 Å². The fraction of sp³-hybridized carbons (Fsp3) is 0.286. The maximum Gasteiger partial charge on any atom is 2.00 e. The van der Waals surface area contributed by atoms with Crippen molar-refractivity contribution in [3.05, 3.63) is 47.5 Å². The van der Waals surface area contributed by atoms with Gasteiger partial charge in [-0.1, -0.05) is 12.1 Å².